The molecule has 45 heavy (non-hydrogen) atoms. The van der Waals surface area contributed by atoms with Gasteiger partial charge in [-0.05, 0) is 62.3 Å². The molecule has 2 amide bonds. The number of aryl methyl sites for hydroxylation is 1. The molecule has 2 heterocycles. The van der Waals surface area contributed by atoms with Crippen molar-refractivity contribution in [2.45, 2.75) is 70.1 Å². The third kappa shape index (κ3) is 8.75. The van der Waals surface area contributed by atoms with Crippen LogP contribution in [0.1, 0.15) is 35.1 Å². The third-order valence-corrected chi connectivity index (χ3v) is 8.52. The van der Waals surface area contributed by atoms with Crippen LogP contribution in [0.4, 0.5) is 10.5 Å². The average molecular weight is 618 g/mol. The number of fused-ring (bicyclic) bond motifs is 1. The highest BCUT2D eigenvalue weighted by molar-refractivity contribution is 5.78. The van der Waals surface area contributed by atoms with Gasteiger partial charge in [-0.2, -0.15) is 0 Å². The van der Waals surface area contributed by atoms with E-state index in [-0.39, 0.29) is 37.7 Å². The predicted molar refractivity (Wildman–Crippen MR) is 170 cm³/mol. The fourth-order valence-corrected chi connectivity index (χ4v) is 6.04. The molecule has 10 heteroatoms. The number of hydrogen-bond donors (Lipinski definition) is 4. The van der Waals surface area contributed by atoms with Gasteiger partial charge in [-0.15, -0.1) is 0 Å². The molecule has 5 N–H and O–H groups in total. The summed E-state index contributed by atoms with van der Waals surface area (Å²) in [6.07, 6.45) is -0.590. The van der Waals surface area contributed by atoms with Crippen molar-refractivity contribution in [2.24, 2.45) is 5.92 Å². The molecule has 0 unspecified atom stereocenters. The molecule has 6 atom stereocenters. The van der Waals surface area contributed by atoms with Crippen LogP contribution in [-0.4, -0.2) is 67.5 Å². The predicted octanol–water partition coefficient (Wildman–Crippen LogP) is 3.84. The number of anilines is 1. The minimum atomic E-state index is -1.01. The van der Waals surface area contributed by atoms with Gasteiger partial charge in [0.2, 0.25) is 0 Å². The highest BCUT2D eigenvalue weighted by Gasteiger charge is 2.44. The number of carbonyl (C=O) groups excluding carboxylic acids is 2. The van der Waals surface area contributed by atoms with Crippen molar-refractivity contribution in [3.05, 3.63) is 95.1 Å². The second-order valence-electron chi connectivity index (χ2n) is 11.9. The minimum Gasteiger partial charge on any atom is -0.483 e. The van der Waals surface area contributed by atoms with Crippen molar-refractivity contribution >= 4 is 17.7 Å². The Hall–Kier alpha value is -4.12. The number of rotatable bonds is 13. The number of alkyl carbamates (subject to hydrolysis) is 1. The van der Waals surface area contributed by atoms with E-state index in [4.69, 9.17) is 24.7 Å². The van der Waals surface area contributed by atoms with E-state index in [1.165, 1.54) is 0 Å². The Labute approximate surface area is 264 Å². The first kappa shape index (κ1) is 32.3. The number of aliphatic hydroxyl groups excluding tert-OH is 1. The van der Waals surface area contributed by atoms with Gasteiger partial charge in [0.05, 0.1) is 31.3 Å². The third-order valence-electron chi connectivity index (χ3n) is 8.52. The van der Waals surface area contributed by atoms with Gasteiger partial charge >= 0.3 is 6.09 Å². The van der Waals surface area contributed by atoms with Crippen LogP contribution < -0.4 is 21.1 Å². The summed E-state index contributed by atoms with van der Waals surface area (Å²) in [5, 5.41) is 17.5. The summed E-state index contributed by atoms with van der Waals surface area (Å²) in [5.41, 5.74) is 10.2. The molecule has 240 valence electrons. The van der Waals surface area contributed by atoms with Gasteiger partial charge in [0, 0.05) is 17.3 Å². The fourth-order valence-electron chi connectivity index (χ4n) is 6.04. The average Bonchev–Trinajstić information content (AvgIpc) is 3.65. The molecule has 3 aromatic carbocycles. The topological polar surface area (TPSA) is 141 Å². The van der Waals surface area contributed by atoms with Crippen molar-refractivity contribution in [3.8, 4) is 5.75 Å². The van der Waals surface area contributed by atoms with Gasteiger partial charge in [-0.3, -0.25) is 4.79 Å². The standard InChI is InChI=1S/C35H43N3O7/c1-22-13-14-28(36)23(2)33(22)43-21-32(40)37-26(17-24-9-5-3-6-10-24)19-30(39)29(18-25-11-7-4-8-12-25)38-35(41)45-31-20-44-34-27(31)15-16-42-34/h3-14,26-27,29-31,34,39H,15-21,36H2,1-2H3,(H,37,40)(H,38,41)/t26-,27-,29-,30-,31-,34+/m0/s1. The van der Waals surface area contributed by atoms with Crippen LogP contribution in [0.3, 0.4) is 0 Å². The Morgan fingerprint density at radius 3 is 2.36 bits per heavy atom. The van der Waals surface area contributed by atoms with Crippen LogP contribution in [0.25, 0.3) is 0 Å². The van der Waals surface area contributed by atoms with E-state index in [9.17, 15) is 14.7 Å². The first-order valence-electron chi connectivity index (χ1n) is 15.5. The quantitative estimate of drug-likeness (QED) is 0.212. The van der Waals surface area contributed by atoms with Crippen molar-refractivity contribution in [3.63, 3.8) is 0 Å². The SMILES string of the molecule is Cc1ccc(N)c(C)c1OCC(=O)N[C@@H](Cc1ccccc1)C[C@H](O)[C@H](Cc1ccccc1)NC(=O)O[C@H]1CO[C@H]2OCC[C@H]21. The van der Waals surface area contributed by atoms with Crippen molar-refractivity contribution in [1.29, 1.82) is 0 Å². The Morgan fingerprint density at radius 1 is 0.956 bits per heavy atom. The van der Waals surface area contributed by atoms with Crippen LogP contribution in [0.15, 0.2) is 72.8 Å². The number of nitrogens with one attached hydrogen (secondary N) is 2. The van der Waals surface area contributed by atoms with E-state index in [2.05, 4.69) is 10.6 Å². The summed E-state index contributed by atoms with van der Waals surface area (Å²) in [5.74, 6) is 0.255. The first-order chi connectivity index (χ1) is 21.8. The molecule has 5 rings (SSSR count). The van der Waals surface area contributed by atoms with Gasteiger partial charge < -0.3 is 40.4 Å². The summed E-state index contributed by atoms with van der Waals surface area (Å²) in [6, 6.07) is 21.9. The van der Waals surface area contributed by atoms with Gasteiger partial charge in [-0.1, -0.05) is 66.7 Å². The van der Waals surface area contributed by atoms with Crippen molar-refractivity contribution in [1.82, 2.24) is 10.6 Å². The van der Waals surface area contributed by atoms with E-state index in [1.807, 2.05) is 86.6 Å². The summed E-state index contributed by atoms with van der Waals surface area (Å²) in [7, 11) is 0. The van der Waals surface area contributed by atoms with E-state index < -0.39 is 30.4 Å². The lowest BCUT2D eigenvalue weighted by molar-refractivity contribution is -0.124. The van der Waals surface area contributed by atoms with Crippen LogP contribution >= 0.6 is 0 Å². The Kier molecular flexibility index (Phi) is 10.9. The molecule has 2 aliphatic rings. The maximum Gasteiger partial charge on any atom is 0.407 e. The molecule has 2 fully saturated rings. The zero-order valence-corrected chi connectivity index (χ0v) is 25.8. The Balaban J connectivity index is 1.27. The zero-order valence-electron chi connectivity index (χ0n) is 25.8. The van der Waals surface area contributed by atoms with Crippen LogP contribution in [0.5, 0.6) is 5.75 Å². The molecule has 0 spiro atoms. The fraction of sp³-hybridized carbons (Fsp3) is 0.429. The summed E-state index contributed by atoms with van der Waals surface area (Å²) < 4.78 is 22.8. The molecule has 0 saturated carbocycles. The molecular formula is C35H43N3O7. The lowest BCUT2D eigenvalue weighted by atomic mass is 9.93. The van der Waals surface area contributed by atoms with E-state index in [0.717, 1.165) is 28.7 Å². The Bertz CT molecular complexity index is 1420. The van der Waals surface area contributed by atoms with Crippen LogP contribution in [0, 0.1) is 19.8 Å². The first-order valence-corrected chi connectivity index (χ1v) is 15.5. The Morgan fingerprint density at radius 2 is 1.64 bits per heavy atom. The summed E-state index contributed by atoms with van der Waals surface area (Å²) in [4.78, 5) is 26.3. The summed E-state index contributed by atoms with van der Waals surface area (Å²) in [6.45, 7) is 4.40. The maximum absolute atomic E-state index is 13.2. The van der Waals surface area contributed by atoms with Crippen molar-refractivity contribution in [2.75, 3.05) is 25.6 Å². The molecule has 0 aromatic heterocycles. The number of nitrogen functional groups attached to an aromatic ring is 1. The molecule has 3 aromatic rings. The number of amides is 2. The largest absolute Gasteiger partial charge is 0.483 e. The van der Waals surface area contributed by atoms with E-state index in [0.29, 0.717) is 30.9 Å². The molecule has 0 aliphatic carbocycles. The highest BCUT2D eigenvalue weighted by atomic mass is 16.7. The van der Waals surface area contributed by atoms with Gasteiger partial charge in [0.15, 0.2) is 12.9 Å². The normalized spacial score (nSPS) is 20.9. The number of aliphatic hydroxyl groups is 1. The number of hydrogen-bond acceptors (Lipinski definition) is 8. The lowest BCUT2D eigenvalue weighted by Crippen LogP contribution is -2.50. The van der Waals surface area contributed by atoms with Crippen LogP contribution in [0.2, 0.25) is 0 Å². The van der Waals surface area contributed by atoms with Crippen LogP contribution in [-0.2, 0) is 31.8 Å². The lowest BCUT2D eigenvalue weighted by Gasteiger charge is -2.29. The minimum absolute atomic E-state index is 0.000771. The zero-order chi connectivity index (χ0) is 31.8. The van der Waals surface area contributed by atoms with Crippen molar-refractivity contribution < 1.29 is 33.6 Å². The molecule has 0 bridgehead atoms. The molecule has 2 aliphatic heterocycles. The van der Waals surface area contributed by atoms with E-state index in [1.54, 1.807) is 0 Å². The van der Waals surface area contributed by atoms with Gasteiger partial charge in [-0.25, -0.2) is 4.79 Å². The molecule has 2 saturated heterocycles. The number of nitrogens with two attached hydrogens (primary N) is 1. The number of benzene rings is 3. The second-order valence-corrected chi connectivity index (χ2v) is 11.9. The molecule has 10 nitrogen and oxygen atoms in total. The monoisotopic (exact) mass is 617 g/mol. The number of ether oxygens (including phenoxy) is 4. The number of carbonyl (C=O) groups is 2. The summed E-state index contributed by atoms with van der Waals surface area (Å²) >= 11 is 0. The molecule has 0 radical (unpaired) electrons. The highest BCUT2D eigenvalue weighted by Crippen LogP contribution is 2.33. The van der Waals surface area contributed by atoms with E-state index >= 15 is 0 Å². The molecular weight excluding hydrogens is 574 g/mol. The smallest absolute Gasteiger partial charge is 0.407 e. The maximum atomic E-state index is 13.2. The van der Waals surface area contributed by atoms with Gasteiger partial charge in [0.25, 0.3) is 5.91 Å². The second kappa shape index (κ2) is 15.2. The van der Waals surface area contributed by atoms with Gasteiger partial charge in [0.1, 0.15) is 11.9 Å².